The highest BCUT2D eigenvalue weighted by atomic mass is 35.5. The summed E-state index contributed by atoms with van der Waals surface area (Å²) in [7, 11) is 0. The first kappa shape index (κ1) is 15.7. The summed E-state index contributed by atoms with van der Waals surface area (Å²) in [6, 6.07) is 24.1. The molecule has 0 amide bonds. The molecule has 122 valence electrons. The van der Waals surface area contributed by atoms with Crippen LogP contribution in [-0.4, -0.2) is 4.98 Å². The SMILES string of the molecule is Cc1ccc2nc(-c3ccc(Cl)cc3)cc(-c3ccccc3N)c2c1. The predicted octanol–water partition coefficient (Wildman–Crippen LogP) is 6.11. The van der Waals surface area contributed by atoms with Crippen LogP contribution < -0.4 is 5.73 Å². The third-order valence-corrected chi connectivity index (χ3v) is 4.61. The van der Waals surface area contributed by atoms with Gasteiger partial charge in [-0.2, -0.15) is 0 Å². The van der Waals surface area contributed by atoms with E-state index in [2.05, 4.69) is 37.3 Å². The minimum absolute atomic E-state index is 0.715. The average Bonchev–Trinajstić information content (AvgIpc) is 2.62. The Balaban J connectivity index is 2.03. The Bertz CT molecular complexity index is 1070. The number of aromatic nitrogens is 1. The molecule has 2 N–H and O–H groups in total. The third-order valence-electron chi connectivity index (χ3n) is 4.36. The number of benzene rings is 3. The van der Waals surface area contributed by atoms with Gasteiger partial charge in [0, 0.05) is 27.2 Å². The largest absolute Gasteiger partial charge is 0.398 e. The van der Waals surface area contributed by atoms with Crippen molar-refractivity contribution in [3.63, 3.8) is 0 Å². The normalized spacial score (nSPS) is 11.0. The number of para-hydroxylation sites is 1. The summed E-state index contributed by atoms with van der Waals surface area (Å²) in [5.74, 6) is 0. The van der Waals surface area contributed by atoms with Crippen LogP contribution in [0.1, 0.15) is 5.56 Å². The monoisotopic (exact) mass is 344 g/mol. The molecule has 0 atom stereocenters. The molecule has 1 aromatic heterocycles. The standard InChI is InChI=1S/C22H17ClN2/c1-14-6-11-21-19(12-14)18(17-4-2-3-5-20(17)24)13-22(25-21)15-7-9-16(23)10-8-15/h2-13H,24H2,1H3. The smallest absolute Gasteiger partial charge is 0.0715 e. The topological polar surface area (TPSA) is 38.9 Å². The van der Waals surface area contributed by atoms with Crippen molar-refractivity contribution in [3.8, 4) is 22.4 Å². The maximum Gasteiger partial charge on any atom is 0.0715 e. The number of nitrogens with two attached hydrogens (primary N) is 1. The Morgan fingerprint density at radius 1 is 0.840 bits per heavy atom. The highest BCUT2D eigenvalue weighted by molar-refractivity contribution is 6.30. The fourth-order valence-electron chi connectivity index (χ4n) is 3.07. The number of halogens is 1. The van der Waals surface area contributed by atoms with Crippen LogP contribution in [0.3, 0.4) is 0 Å². The van der Waals surface area contributed by atoms with Crippen molar-refractivity contribution >= 4 is 28.2 Å². The minimum Gasteiger partial charge on any atom is -0.398 e. The first-order valence-electron chi connectivity index (χ1n) is 8.14. The molecular formula is C22H17ClN2. The molecule has 0 aliphatic rings. The number of pyridine rings is 1. The molecule has 0 spiro atoms. The highest BCUT2D eigenvalue weighted by Gasteiger charge is 2.11. The van der Waals surface area contributed by atoms with Gasteiger partial charge in [-0.1, -0.05) is 53.6 Å². The van der Waals surface area contributed by atoms with Crippen LogP contribution in [0.4, 0.5) is 5.69 Å². The van der Waals surface area contributed by atoms with Crippen molar-refractivity contribution in [1.29, 1.82) is 0 Å². The van der Waals surface area contributed by atoms with E-state index in [0.29, 0.717) is 5.02 Å². The second-order valence-electron chi connectivity index (χ2n) is 6.17. The van der Waals surface area contributed by atoms with Crippen LogP contribution in [0.5, 0.6) is 0 Å². The maximum absolute atomic E-state index is 6.25. The van der Waals surface area contributed by atoms with E-state index in [4.69, 9.17) is 22.3 Å². The van der Waals surface area contributed by atoms with Crippen molar-refractivity contribution in [3.05, 3.63) is 83.4 Å². The Kier molecular flexibility index (Phi) is 3.90. The van der Waals surface area contributed by atoms with Crippen LogP contribution in [0.2, 0.25) is 5.02 Å². The predicted molar refractivity (Wildman–Crippen MR) is 107 cm³/mol. The Hall–Kier alpha value is -2.84. The number of rotatable bonds is 2. The summed E-state index contributed by atoms with van der Waals surface area (Å²) in [6.45, 7) is 2.09. The third kappa shape index (κ3) is 2.97. The first-order valence-corrected chi connectivity index (χ1v) is 8.52. The van der Waals surface area contributed by atoms with E-state index in [0.717, 1.165) is 39.0 Å². The number of nitrogens with zero attached hydrogens (tertiary/aromatic N) is 1. The molecule has 2 nitrogen and oxygen atoms in total. The van der Waals surface area contributed by atoms with Crippen molar-refractivity contribution in [1.82, 2.24) is 4.98 Å². The zero-order chi connectivity index (χ0) is 17.4. The summed E-state index contributed by atoms with van der Waals surface area (Å²) < 4.78 is 0. The van der Waals surface area contributed by atoms with Gasteiger partial charge in [0.2, 0.25) is 0 Å². The maximum atomic E-state index is 6.25. The Labute approximate surface area is 151 Å². The van der Waals surface area contributed by atoms with Crippen molar-refractivity contribution in [2.75, 3.05) is 5.73 Å². The van der Waals surface area contributed by atoms with Crippen molar-refractivity contribution in [2.45, 2.75) is 6.92 Å². The zero-order valence-electron chi connectivity index (χ0n) is 13.8. The second kappa shape index (κ2) is 6.23. The summed E-state index contributed by atoms with van der Waals surface area (Å²) >= 11 is 6.02. The number of hydrogen-bond acceptors (Lipinski definition) is 2. The van der Waals surface area contributed by atoms with E-state index in [1.165, 1.54) is 5.56 Å². The quantitative estimate of drug-likeness (QED) is 0.445. The van der Waals surface area contributed by atoms with E-state index in [-0.39, 0.29) is 0 Å². The molecule has 0 bridgehead atoms. The molecule has 0 radical (unpaired) electrons. The molecule has 4 aromatic rings. The molecule has 0 fully saturated rings. The number of anilines is 1. The van der Waals surface area contributed by atoms with Crippen molar-refractivity contribution < 1.29 is 0 Å². The van der Waals surface area contributed by atoms with Gasteiger partial charge in [0.1, 0.15) is 0 Å². The Morgan fingerprint density at radius 2 is 1.60 bits per heavy atom. The lowest BCUT2D eigenvalue weighted by Gasteiger charge is -2.13. The van der Waals surface area contributed by atoms with Crippen LogP contribution in [0.15, 0.2) is 72.8 Å². The van der Waals surface area contributed by atoms with E-state index in [1.807, 2.05) is 42.5 Å². The highest BCUT2D eigenvalue weighted by Crippen LogP contribution is 2.35. The van der Waals surface area contributed by atoms with Gasteiger partial charge in [0.15, 0.2) is 0 Å². The number of hydrogen-bond donors (Lipinski definition) is 1. The summed E-state index contributed by atoms with van der Waals surface area (Å²) in [4.78, 5) is 4.85. The van der Waals surface area contributed by atoms with Crippen LogP contribution in [0.25, 0.3) is 33.3 Å². The van der Waals surface area contributed by atoms with E-state index < -0.39 is 0 Å². The molecule has 0 unspecified atom stereocenters. The van der Waals surface area contributed by atoms with Gasteiger partial charge in [0.25, 0.3) is 0 Å². The second-order valence-corrected chi connectivity index (χ2v) is 6.61. The van der Waals surface area contributed by atoms with Gasteiger partial charge in [0.05, 0.1) is 11.2 Å². The van der Waals surface area contributed by atoms with Crippen LogP contribution in [0, 0.1) is 6.92 Å². The van der Waals surface area contributed by atoms with Gasteiger partial charge in [-0.25, -0.2) is 4.98 Å². The fourth-order valence-corrected chi connectivity index (χ4v) is 3.20. The molecule has 3 heteroatoms. The van der Waals surface area contributed by atoms with E-state index >= 15 is 0 Å². The number of fused-ring (bicyclic) bond motifs is 1. The molecule has 1 heterocycles. The first-order chi connectivity index (χ1) is 12.1. The molecule has 0 aliphatic heterocycles. The molecule has 3 aromatic carbocycles. The lowest BCUT2D eigenvalue weighted by Crippen LogP contribution is -1.94. The lowest BCUT2D eigenvalue weighted by molar-refractivity contribution is 1.38. The van der Waals surface area contributed by atoms with Gasteiger partial charge in [-0.3, -0.25) is 0 Å². The molecule has 0 aliphatic carbocycles. The van der Waals surface area contributed by atoms with Crippen molar-refractivity contribution in [2.24, 2.45) is 0 Å². The molecule has 4 rings (SSSR count). The molecule has 25 heavy (non-hydrogen) atoms. The van der Waals surface area contributed by atoms with Gasteiger partial charge in [-0.15, -0.1) is 0 Å². The van der Waals surface area contributed by atoms with E-state index in [1.54, 1.807) is 0 Å². The summed E-state index contributed by atoms with van der Waals surface area (Å²) in [5.41, 5.74) is 13.2. The summed E-state index contributed by atoms with van der Waals surface area (Å²) in [6.07, 6.45) is 0. The minimum atomic E-state index is 0.715. The zero-order valence-corrected chi connectivity index (χ0v) is 14.6. The molecular weight excluding hydrogens is 328 g/mol. The van der Waals surface area contributed by atoms with Crippen LogP contribution in [-0.2, 0) is 0 Å². The van der Waals surface area contributed by atoms with Gasteiger partial charge in [-0.05, 0) is 48.9 Å². The number of aryl methyl sites for hydroxylation is 1. The van der Waals surface area contributed by atoms with Gasteiger partial charge < -0.3 is 5.73 Å². The average molecular weight is 345 g/mol. The fraction of sp³-hybridized carbons (Fsp3) is 0.0455. The van der Waals surface area contributed by atoms with Gasteiger partial charge >= 0.3 is 0 Å². The molecule has 0 saturated heterocycles. The summed E-state index contributed by atoms with van der Waals surface area (Å²) in [5, 5.41) is 1.82. The Morgan fingerprint density at radius 3 is 2.36 bits per heavy atom. The van der Waals surface area contributed by atoms with Crippen LogP contribution >= 0.6 is 11.6 Å². The lowest BCUT2D eigenvalue weighted by atomic mass is 9.96. The number of nitrogen functional groups attached to an aromatic ring is 1. The molecule has 0 saturated carbocycles. The van der Waals surface area contributed by atoms with E-state index in [9.17, 15) is 0 Å².